The molecule has 1 aromatic carbocycles. The molecule has 26 heavy (non-hydrogen) atoms. The number of furan rings is 1. The highest BCUT2D eigenvalue weighted by atomic mass is 35.5. The van der Waals surface area contributed by atoms with Crippen molar-refractivity contribution in [1.82, 2.24) is 10.4 Å². The number of halogens is 1. The van der Waals surface area contributed by atoms with Gasteiger partial charge in [-0.2, -0.15) is 5.10 Å². The minimum Gasteiger partial charge on any atom is -0.455 e. The summed E-state index contributed by atoms with van der Waals surface area (Å²) in [6.45, 7) is 0. The van der Waals surface area contributed by atoms with Crippen LogP contribution in [0.25, 0.3) is 11.3 Å². The molecule has 0 aliphatic heterocycles. The fraction of sp³-hybridized carbons (Fsp3) is 0. The van der Waals surface area contributed by atoms with Gasteiger partial charge in [0.2, 0.25) is 0 Å². The monoisotopic (exact) mass is 370 g/mol. The number of aromatic nitrogens is 1. The highest BCUT2D eigenvalue weighted by Crippen LogP contribution is 2.31. The lowest BCUT2D eigenvalue weighted by Gasteiger charge is -2.00. The summed E-state index contributed by atoms with van der Waals surface area (Å²) in [7, 11) is 0. The third-order valence-corrected chi connectivity index (χ3v) is 3.67. The fourth-order valence-corrected chi connectivity index (χ4v) is 2.37. The molecule has 0 aliphatic rings. The highest BCUT2D eigenvalue weighted by molar-refractivity contribution is 6.33. The lowest BCUT2D eigenvalue weighted by Crippen LogP contribution is -2.17. The number of hydrogen-bond donors (Lipinski definition) is 1. The smallest absolute Gasteiger partial charge is 0.271 e. The zero-order chi connectivity index (χ0) is 18.5. The summed E-state index contributed by atoms with van der Waals surface area (Å²) in [5, 5.41) is 14.8. The Morgan fingerprint density at radius 2 is 2.00 bits per heavy atom. The summed E-state index contributed by atoms with van der Waals surface area (Å²) in [6, 6.07) is 10.5. The van der Waals surface area contributed by atoms with Gasteiger partial charge in [0.15, 0.2) is 0 Å². The Labute approximate surface area is 152 Å². The Kier molecular flexibility index (Phi) is 5.04. The molecular formula is C17H11ClN4O4. The van der Waals surface area contributed by atoms with Crippen molar-refractivity contribution in [3.05, 3.63) is 81.3 Å². The van der Waals surface area contributed by atoms with Crippen LogP contribution >= 0.6 is 11.6 Å². The van der Waals surface area contributed by atoms with Crippen LogP contribution in [0.2, 0.25) is 5.02 Å². The van der Waals surface area contributed by atoms with Crippen LogP contribution < -0.4 is 5.43 Å². The largest absolute Gasteiger partial charge is 0.455 e. The maximum Gasteiger partial charge on any atom is 0.271 e. The number of amides is 1. The Bertz CT molecular complexity index is 985. The standard InChI is InChI=1S/C17H11ClN4O4/c18-15-9-12(22(24)25)1-3-14(15)16-4-2-13(26-16)10-20-21-17(23)11-5-7-19-8-6-11/h1-10H,(H,21,23)/b20-10-. The maximum atomic E-state index is 11.8. The third-order valence-electron chi connectivity index (χ3n) is 3.36. The van der Waals surface area contributed by atoms with Crippen molar-refractivity contribution < 1.29 is 14.1 Å². The average Bonchev–Trinajstić information content (AvgIpc) is 3.10. The number of hydrazone groups is 1. The number of carbonyl (C=O) groups is 1. The third kappa shape index (κ3) is 3.93. The molecular weight excluding hydrogens is 360 g/mol. The first-order valence-corrected chi connectivity index (χ1v) is 7.70. The van der Waals surface area contributed by atoms with E-state index in [0.29, 0.717) is 22.6 Å². The molecule has 1 amide bonds. The maximum absolute atomic E-state index is 11.8. The molecule has 2 aromatic heterocycles. The van der Waals surface area contributed by atoms with Gasteiger partial charge in [0.1, 0.15) is 11.5 Å². The second-order valence-corrected chi connectivity index (χ2v) is 5.47. The first-order chi connectivity index (χ1) is 12.5. The molecule has 8 nitrogen and oxygen atoms in total. The van der Waals surface area contributed by atoms with E-state index >= 15 is 0 Å². The summed E-state index contributed by atoms with van der Waals surface area (Å²) in [5.74, 6) is 0.421. The molecule has 0 saturated heterocycles. The number of nitrogens with zero attached hydrogens (tertiary/aromatic N) is 3. The van der Waals surface area contributed by atoms with Crippen molar-refractivity contribution in [2.45, 2.75) is 0 Å². The van der Waals surface area contributed by atoms with Crippen molar-refractivity contribution >= 4 is 29.4 Å². The fourth-order valence-electron chi connectivity index (χ4n) is 2.11. The van der Waals surface area contributed by atoms with Gasteiger partial charge in [0.05, 0.1) is 16.2 Å². The van der Waals surface area contributed by atoms with Crippen LogP contribution in [0.5, 0.6) is 0 Å². The first kappa shape index (κ1) is 17.3. The predicted molar refractivity (Wildman–Crippen MR) is 95.1 cm³/mol. The number of pyridine rings is 1. The van der Waals surface area contributed by atoms with Crippen LogP contribution in [0.15, 0.2) is 64.4 Å². The lowest BCUT2D eigenvalue weighted by molar-refractivity contribution is -0.384. The van der Waals surface area contributed by atoms with E-state index in [1.807, 2.05) is 0 Å². The van der Waals surface area contributed by atoms with E-state index in [1.165, 1.54) is 36.8 Å². The van der Waals surface area contributed by atoms with E-state index in [-0.39, 0.29) is 16.6 Å². The van der Waals surface area contributed by atoms with E-state index in [4.69, 9.17) is 16.0 Å². The number of benzene rings is 1. The highest BCUT2D eigenvalue weighted by Gasteiger charge is 2.13. The molecule has 0 bridgehead atoms. The molecule has 0 unspecified atom stereocenters. The van der Waals surface area contributed by atoms with Crippen LogP contribution in [0.4, 0.5) is 5.69 Å². The minimum atomic E-state index is -0.526. The van der Waals surface area contributed by atoms with Gasteiger partial charge in [-0.3, -0.25) is 19.9 Å². The van der Waals surface area contributed by atoms with E-state index in [0.717, 1.165) is 0 Å². The van der Waals surface area contributed by atoms with Gasteiger partial charge in [-0.1, -0.05) is 11.6 Å². The van der Waals surface area contributed by atoms with Gasteiger partial charge in [-0.25, -0.2) is 5.43 Å². The molecule has 1 N–H and O–H groups in total. The molecule has 9 heteroatoms. The van der Waals surface area contributed by atoms with Crippen molar-refractivity contribution in [3.8, 4) is 11.3 Å². The number of nitro benzene ring substituents is 1. The summed E-state index contributed by atoms with van der Waals surface area (Å²) in [5.41, 5.74) is 3.20. The number of non-ortho nitro benzene ring substituents is 1. The van der Waals surface area contributed by atoms with Gasteiger partial charge in [-0.05, 0) is 30.3 Å². The van der Waals surface area contributed by atoms with Gasteiger partial charge in [-0.15, -0.1) is 0 Å². The van der Waals surface area contributed by atoms with Crippen molar-refractivity contribution in [2.75, 3.05) is 0 Å². The van der Waals surface area contributed by atoms with Crippen LogP contribution in [-0.2, 0) is 0 Å². The predicted octanol–water partition coefficient (Wildman–Crippen LogP) is 3.67. The van der Waals surface area contributed by atoms with Crippen LogP contribution in [0.1, 0.15) is 16.1 Å². The summed E-state index contributed by atoms with van der Waals surface area (Å²) >= 11 is 6.07. The summed E-state index contributed by atoms with van der Waals surface area (Å²) in [4.78, 5) is 25.9. The molecule has 3 aromatic rings. The van der Waals surface area contributed by atoms with Crippen molar-refractivity contribution in [1.29, 1.82) is 0 Å². The molecule has 0 aliphatic carbocycles. The Balaban J connectivity index is 1.70. The number of nitro groups is 1. The zero-order valence-corrected chi connectivity index (χ0v) is 13.9. The summed E-state index contributed by atoms with van der Waals surface area (Å²) in [6.07, 6.45) is 4.35. The van der Waals surface area contributed by atoms with E-state index in [2.05, 4.69) is 15.5 Å². The molecule has 130 valence electrons. The quantitative estimate of drug-likeness (QED) is 0.418. The van der Waals surface area contributed by atoms with E-state index in [1.54, 1.807) is 24.3 Å². The van der Waals surface area contributed by atoms with Gasteiger partial charge >= 0.3 is 0 Å². The molecule has 0 saturated carbocycles. The zero-order valence-electron chi connectivity index (χ0n) is 13.1. The van der Waals surface area contributed by atoms with Crippen molar-refractivity contribution in [3.63, 3.8) is 0 Å². The number of nitrogens with one attached hydrogen (secondary N) is 1. The molecule has 0 fully saturated rings. The molecule has 3 rings (SSSR count). The number of rotatable bonds is 5. The van der Waals surface area contributed by atoms with Crippen LogP contribution in [0, 0.1) is 10.1 Å². The van der Waals surface area contributed by atoms with Crippen LogP contribution in [-0.4, -0.2) is 22.0 Å². The number of carbonyl (C=O) groups excluding carboxylic acids is 1. The van der Waals surface area contributed by atoms with Gasteiger partial charge < -0.3 is 4.42 Å². The molecule has 2 heterocycles. The second-order valence-electron chi connectivity index (χ2n) is 5.06. The number of hydrogen-bond acceptors (Lipinski definition) is 6. The summed E-state index contributed by atoms with van der Waals surface area (Å²) < 4.78 is 5.57. The van der Waals surface area contributed by atoms with Crippen LogP contribution in [0.3, 0.4) is 0 Å². The second kappa shape index (κ2) is 7.58. The Morgan fingerprint density at radius 3 is 2.69 bits per heavy atom. The topological polar surface area (TPSA) is 111 Å². The normalized spacial score (nSPS) is 10.8. The first-order valence-electron chi connectivity index (χ1n) is 7.32. The van der Waals surface area contributed by atoms with E-state index in [9.17, 15) is 14.9 Å². The van der Waals surface area contributed by atoms with E-state index < -0.39 is 4.92 Å². The SMILES string of the molecule is O=C(N/N=C\c1ccc(-c2ccc([N+](=O)[O-])cc2Cl)o1)c1ccncc1. The van der Waals surface area contributed by atoms with Crippen molar-refractivity contribution in [2.24, 2.45) is 5.10 Å². The lowest BCUT2D eigenvalue weighted by atomic mass is 10.1. The Hall–Kier alpha value is -3.52. The Morgan fingerprint density at radius 1 is 1.23 bits per heavy atom. The minimum absolute atomic E-state index is 0.106. The molecule has 0 atom stereocenters. The van der Waals surface area contributed by atoms with Gasteiger partial charge in [0, 0.05) is 35.7 Å². The molecule has 0 spiro atoms. The van der Waals surface area contributed by atoms with Gasteiger partial charge in [0.25, 0.3) is 11.6 Å². The average molecular weight is 371 g/mol. The molecule has 0 radical (unpaired) electrons.